The van der Waals surface area contributed by atoms with Crippen molar-refractivity contribution in [3.8, 4) is 11.4 Å². The highest BCUT2D eigenvalue weighted by molar-refractivity contribution is 5.89. The maximum absolute atomic E-state index is 9.77. The first-order valence-corrected chi connectivity index (χ1v) is 9.53. The lowest BCUT2D eigenvalue weighted by Crippen LogP contribution is -2.51. The van der Waals surface area contributed by atoms with Crippen LogP contribution < -0.4 is 10.2 Å². The Bertz CT molecular complexity index is 922. The Hall–Kier alpha value is -2.51. The molecule has 1 aliphatic rings. The molecule has 4 heterocycles. The Balaban J connectivity index is 1.69. The van der Waals surface area contributed by atoms with Crippen LogP contribution in [0.25, 0.3) is 22.4 Å². The van der Waals surface area contributed by atoms with Crippen LogP contribution in [0.5, 0.6) is 0 Å². The van der Waals surface area contributed by atoms with E-state index >= 15 is 0 Å². The third kappa shape index (κ3) is 3.79. The van der Waals surface area contributed by atoms with E-state index in [-0.39, 0.29) is 6.61 Å². The molecule has 0 saturated carbocycles. The van der Waals surface area contributed by atoms with Gasteiger partial charge in [-0.1, -0.05) is 13.8 Å². The summed E-state index contributed by atoms with van der Waals surface area (Å²) in [6.07, 6.45) is 2.87. The van der Waals surface area contributed by atoms with Crippen molar-refractivity contribution in [2.45, 2.75) is 32.9 Å². The first-order chi connectivity index (χ1) is 13.1. The van der Waals surface area contributed by atoms with Gasteiger partial charge in [0, 0.05) is 37.3 Å². The second-order valence-corrected chi connectivity index (χ2v) is 7.58. The van der Waals surface area contributed by atoms with E-state index in [0.717, 1.165) is 54.2 Å². The molecule has 3 N–H and O–H groups in total. The maximum atomic E-state index is 9.77. The average Bonchev–Trinajstić information content (AvgIpc) is 3.11. The first-order valence-electron chi connectivity index (χ1n) is 9.53. The monoisotopic (exact) mass is 366 g/mol. The molecule has 1 saturated heterocycles. The molecule has 1 fully saturated rings. The van der Waals surface area contributed by atoms with Crippen molar-refractivity contribution in [1.82, 2.24) is 25.5 Å². The number of piperazine rings is 1. The van der Waals surface area contributed by atoms with Gasteiger partial charge in [-0.3, -0.25) is 5.10 Å². The van der Waals surface area contributed by atoms with E-state index in [1.807, 2.05) is 24.3 Å². The molecule has 1 atom stereocenters. The minimum atomic E-state index is -0.0195. The van der Waals surface area contributed by atoms with Crippen LogP contribution in [0, 0.1) is 5.92 Å². The van der Waals surface area contributed by atoms with Gasteiger partial charge in [-0.25, -0.2) is 9.97 Å². The number of hydrogen-bond donors (Lipinski definition) is 3. The first kappa shape index (κ1) is 17.9. The number of aromatic amines is 1. The van der Waals surface area contributed by atoms with Crippen LogP contribution in [-0.2, 0) is 6.61 Å². The van der Waals surface area contributed by atoms with E-state index in [1.54, 1.807) is 6.20 Å². The van der Waals surface area contributed by atoms with E-state index in [4.69, 9.17) is 4.98 Å². The quantitative estimate of drug-likeness (QED) is 0.642. The summed E-state index contributed by atoms with van der Waals surface area (Å²) >= 11 is 0. The number of aliphatic hydroxyl groups excluding tert-OH is 1. The Kier molecular flexibility index (Phi) is 5.05. The van der Waals surface area contributed by atoms with E-state index in [2.05, 4.69) is 39.2 Å². The zero-order valence-electron chi connectivity index (χ0n) is 15.8. The van der Waals surface area contributed by atoms with E-state index in [1.165, 1.54) is 0 Å². The molecule has 1 aliphatic heterocycles. The predicted octanol–water partition coefficient (Wildman–Crippen LogP) is 2.34. The molecule has 0 aromatic carbocycles. The van der Waals surface area contributed by atoms with Crippen molar-refractivity contribution in [2.24, 2.45) is 5.92 Å². The fraction of sp³-hybridized carbons (Fsp3) is 0.450. The van der Waals surface area contributed by atoms with Gasteiger partial charge in [0.05, 0.1) is 18.0 Å². The Morgan fingerprint density at radius 1 is 1.33 bits per heavy atom. The van der Waals surface area contributed by atoms with Crippen LogP contribution in [0.1, 0.15) is 25.8 Å². The number of nitrogens with one attached hydrogen (secondary N) is 2. The lowest BCUT2D eigenvalue weighted by atomic mass is 10.0. The number of fused-ring (bicyclic) bond motifs is 1. The van der Waals surface area contributed by atoms with Gasteiger partial charge in [0.25, 0.3) is 0 Å². The summed E-state index contributed by atoms with van der Waals surface area (Å²) in [5.74, 6) is 1.55. The molecule has 0 bridgehead atoms. The van der Waals surface area contributed by atoms with Crippen LogP contribution in [0.15, 0.2) is 30.5 Å². The average molecular weight is 366 g/mol. The molecule has 27 heavy (non-hydrogen) atoms. The normalized spacial score (nSPS) is 17.8. The standard InChI is InChI=1S/C20H26N6O/c1-13(2)8-15-11-26(7-6-21-15)18-10-14(12-27)9-17(23-18)19-16-4-3-5-22-20(16)25-24-19/h3-5,9-10,13,15,21,27H,6-8,11-12H2,1-2H3,(H,22,24,25). The Morgan fingerprint density at radius 2 is 2.22 bits per heavy atom. The van der Waals surface area contributed by atoms with Crippen molar-refractivity contribution in [1.29, 1.82) is 0 Å². The number of anilines is 1. The molecule has 142 valence electrons. The van der Waals surface area contributed by atoms with Gasteiger partial charge in [0.1, 0.15) is 5.82 Å². The summed E-state index contributed by atoms with van der Waals surface area (Å²) in [5.41, 5.74) is 3.14. The molecule has 0 amide bonds. The van der Waals surface area contributed by atoms with Crippen LogP contribution >= 0.6 is 0 Å². The van der Waals surface area contributed by atoms with Gasteiger partial charge in [0.2, 0.25) is 0 Å². The predicted molar refractivity (Wildman–Crippen MR) is 107 cm³/mol. The zero-order chi connectivity index (χ0) is 18.8. The minimum Gasteiger partial charge on any atom is -0.392 e. The fourth-order valence-electron chi connectivity index (χ4n) is 3.76. The number of H-pyrrole nitrogens is 1. The summed E-state index contributed by atoms with van der Waals surface area (Å²) in [6.45, 7) is 7.25. The molecular formula is C20H26N6O. The highest BCUT2D eigenvalue weighted by Gasteiger charge is 2.22. The summed E-state index contributed by atoms with van der Waals surface area (Å²) < 4.78 is 0. The van der Waals surface area contributed by atoms with Gasteiger partial charge in [-0.2, -0.15) is 5.10 Å². The van der Waals surface area contributed by atoms with Gasteiger partial charge in [-0.05, 0) is 42.2 Å². The van der Waals surface area contributed by atoms with E-state index < -0.39 is 0 Å². The fourth-order valence-corrected chi connectivity index (χ4v) is 3.76. The highest BCUT2D eigenvalue weighted by atomic mass is 16.3. The SMILES string of the molecule is CC(C)CC1CN(c2cc(CO)cc(-c3[nH]nc4ncccc34)n2)CCN1. The van der Waals surface area contributed by atoms with Crippen molar-refractivity contribution in [2.75, 3.05) is 24.5 Å². The molecule has 0 spiro atoms. The summed E-state index contributed by atoms with van der Waals surface area (Å²) in [4.78, 5) is 11.5. The van der Waals surface area contributed by atoms with Crippen molar-refractivity contribution in [3.05, 3.63) is 36.0 Å². The smallest absolute Gasteiger partial charge is 0.181 e. The number of nitrogens with zero attached hydrogens (tertiary/aromatic N) is 4. The van der Waals surface area contributed by atoms with Gasteiger partial charge in [-0.15, -0.1) is 0 Å². The molecule has 1 unspecified atom stereocenters. The lowest BCUT2D eigenvalue weighted by molar-refractivity contribution is 0.281. The number of aromatic nitrogens is 4. The highest BCUT2D eigenvalue weighted by Crippen LogP contribution is 2.27. The van der Waals surface area contributed by atoms with Crippen LogP contribution in [0.2, 0.25) is 0 Å². The third-order valence-corrected chi connectivity index (χ3v) is 4.98. The lowest BCUT2D eigenvalue weighted by Gasteiger charge is -2.35. The molecule has 4 rings (SSSR count). The minimum absolute atomic E-state index is 0.0195. The molecule has 0 radical (unpaired) electrons. The molecule has 7 nitrogen and oxygen atoms in total. The van der Waals surface area contributed by atoms with Gasteiger partial charge >= 0.3 is 0 Å². The van der Waals surface area contributed by atoms with E-state index in [0.29, 0.717) is 17.6 Å². The van der Waals surface area contributed by atoms with Crippen molar-refractivity contribution < 1.29 is 5.11 Å². The molecule has 7 heteroatoms. The summed E-state index contributed by atoms with van der Waals surface area (Å²) in [5, 5.41) is 21.6. The number of hydrogen-bond acceptors (Lipinski definition) is 6. The number of rotatable bonds is 5. The van der Waals surface area contributed by atoms with E-state index in [9.17, 15) is 5.11 Å². The van der Waals surface area contributed by atoms with Crippen molar-refractivity contribution in [3.63, 3.8) is 0 Å². The molecular weight excluding hydrogens is 340 g/mol. The summed E-state index contributed by atoms with van der Waals surface area (Å²) in [6, 6.07) is 8.23. The maximum Gasteiger partial charge on any atom is 0.181 e. The van der Waals surface area contributed by atoms with Crippen LogP contribution in [0.4, 0.5) is 5.82 Å². The largest absolute Gasteiger partial charge is 0.392 e. The number of pyridine rings is 2. The van der Waals surface area contributed by atoms with Crippen LogP contribution in [-0.4, -0.2) is 50.9 Å². The van der Waals surface area contributed by atoms with Gasteiger partial charge < -0.3 is 15.3 Å². The number of aliphatic hydroxyl groups is 1. The zero-order valence-corrected chi connectivity index (χ0v) is 15.8. The third-order valence-electron chi connectivity index (χ3n) is 4.98. The van der Waals surface area contributed by atoms with Crippen molar-refractivity contribution >= 4 is 16.9 Å². The molecule has 3 aromatic rings. The Labute approximate surface area is 158 Å². The Morgan fingerprint density at radius 3 is 3.04 bits per heavy atom. The topological polar surface area (TPSA) is 90.0 Å². The summed E-state index contributed by atoms with van der Waals surface area (Å²) in [7, 11) is 0. The second-order valence-electron chi connectivity index (χ2n) is 7.58. The van der Waals surface area contributed by atoms with Gasteiger partial charge in [0.15, 0.2) is 5.65 Å². The molecule has 3 aromatic heterocycles. The van der Waals surface area contributed by atoms with Crippen LogP contribution in [0.3, 0.4) is 0 Å². The molecule has 0 aliphatic carbocycles. The second kappa shape index (κ2) is 7.62.